The summed E-state index contributed by atoms with van der Waals surface area (Å²) in [6.07, 6.45) is -3.65. The number of nitrogens with zero attached hydrogens (tertiary/aromatic N) is 4. The normalized spacial score (nSPS) is 11.5. The molecule has 0 saturated carbocycles. The standard InChI is InChI=1S/C11H9ClF3N5S/c1-2-16-9-18-8(12)19-10(20-9)21-7-4-3-6(5-17-7)11(13,14)15/h3-5H,2H2,1H3,(H,16,18,19,20). The van der Waals surface area contributed by atoms with E-state index in [1.807, 2.05) is 6.92 Å². The van der Waals surface area contributed by atoms with Crippen LogP contribution in [-0.4, -0.2) is 26.5 Å². The lowest BCUT2D eigenvalue weighted by atomic mass is 10.3. The van der Waals surface area contributed by atoms with Gasteiger partial charge in [0.05, 0.1) is 5.56 Å². The molecule has 0 aliphatic rings. The number of pyridine rings is 1. The fourth-order valence-electron chi connectivity index (χ4n) is 1.32. The zero-order valence-corrected chi connectivity index (χ0v) is 12.2. The SMILES string of the molecule is CCNc1nc(Cl)nc(Sc2ccc(C(F)(F)F)cn2)n1. The van der Waals surface area contributed by atoms with Crippen molar-refractivity contribution in [3.05, 3.63) is 29.2 Å². The Kier molecular flexibility index (Phi) is 4.84. The number of halogens is 4. The minimum Gasteiger partial charge on any atom is -0.354 e. The second-order valence-corrected chi connectivity index (χ2v) is 5.05. The molecule has 0 saturated heterocycles. The third-order valence-corrected chi connectivity index (χ3v) is 3.17. The fraction of sp³-hybridized carbons (Fsp3) is 0.273. The van der Waals surface area contributed by atoms with Crippen molar-refractivity contribution in [3.8, 4) is 0 Å². The van der Waals surface area contributed by atoms with Gasteiger partial charge in [-0.2, -0.15) is 28.1 Å². The first kappa shape index (κ1) is 15.8. The molecule has 2 rings (SSSR count). The highest BCUT2D eigenvalue weighted by Gasteiger charge is 2.30. The van der Waals surface area contributed by atoms with Gasteiger partial charge in [0.25, 0.3) is 0 Å². The smallest absolute Gasteiger partial charge is 0.354 e. The Bertz CT molecular complexity index is 620. The summed E-state index contributed by atoms with van der Waals surface area (Å²) in [7, 11) is 0. The summed E-state index contributed by atoms with van der Waals surface area (Å²) in [5, 5.41) is 3.44. The highest BCUT2D eigenvalue weighted by Crippen LogP contribution is 2.30. The first-order valence-electron chi connectivity index (χ1n) is 5.75. The van der Waals surface area contributed by atoms with Crippen molar-refractivity contribution >= 4 is 29.3 Å². The summed E-state index contributed by atoms with van der Waals surface area (Å²) in [4.78, 5) is 15.5. The molecular weight excluding hydrogens is 327 g/mol. The lowest BCUT2D eigenvalue weighted by Crippen LogP contribution is -2.05. The maximum Gasteiger partial charge on any atom is 0.417 e. The quantitative estimate of drug-likeness (QED) is 0.922. The molecule has 0 spiro atoms. The van der Waals surface area contributed by atoms with E-state index in [0.717, 1.165) is 24.0 Å². The Morgan fingerprint density at radius 3 is 2.57 bits per heavy atom. The molecule has 0 radical (unpaired) electrons. The van der Waals surface area contributed by atoms with Gasteiger partial charge in [0.2, 0.25) is 11.2 Å². The zero-order chi connectivity index (χ0) is 15.5. The van der Waals surface area contributed by atoms with Crippen LogP contribution >= 0.6 is 23.4 Å². The highest BCUT2D eigenvalue weighted by molar-refractivity contribution is 7.99. The van der Waals surface area contributed by atoms with Gasteiger partial charge >= 0.3 is 6.18 Å². The largest absolute Gasteiger partial charge is 0.417 e. The Hall–Kier alpha value is -1.61. The maximum atomic E-state index is 12.4. The van der Waals surface area contributed by atoms with Crippen molar-refractivity contribution in [1.82, 2.24) is 19.9 Å². The minimum absolute atomic E-state index is 0.00429. The van der Waals surface area contributed by atoms with E-state index in [9.17, 15) is 13.2 Å². The molecule has 2 heterocycles. The molecule has 1 N–H and O–H groups in total. The van der Waals surface area contributed by atoms with Crippen LogP contribution < -0.4 is 5.32 Å². The number of hydrogen-bond donors (Lipinski definition) is 1. The van der Waals surface area contributed by atoms with E-state index in [1.165, 1.54) is 6.07 Å². The van der Waals surface area contributed by atoms with E-state index >= 15 is 0 Å². The van der Waals surface area contributed by atoms with Crippen LogP contribution in [0.5, 0.6) is 0 Å². The van der Waals surface area contributed by atoms with Crippen LogP contribution in [0.2, 0.25) is 5.28 Å². The Morgan fingerprint density at radius 1 is 1.24 bits per heavy atom. The molecule has 0 fully saturated rings. The molecule has 5 nitrogen and oxygen atoms in total. The number of aromatic nitrogens is 4. The van der Waals surface area contributed by atoms with Gasteiger partial charge in [-0.3, -0.25) is 0 Å². The second-order valence-electron chi connectivity index (χ2n) is 3.73. The van der Waals surface area contributed by atoms with Gasteiger partial charge in [-0.25, -0.2) is 4.98 Å². The van der Waals surface area contributed by atoms with Crippen molar-refractivity contribution in [3.63, 3.8) is 0 Å². The average molecular weight is 336 g/mol. The molecule has 2 aromatic rings. The maximum absolute atomic E-state index is 12.4. The third kappa shape index (κ3) is 4.43. The monoisotopic (exact) mass is 335 g/mol. The van der Waals surface area contributed by atoms with Crippen LogP contribution in [0.4, 0.5) is 19.1 Å². The van der Waals surface area contributed by atoms with Crippen LogP contribution in [0.15, 0.2) is 28.5 Å². The molecular formula is C11H9ClF3N5S. The first-order valence-corrected chi connectivity index (χ1v) is 6.94. The molecule has 10 heteroatoms. The molecule has 0 amide bonds. The molecule has 112 valence electrons. The number of rotatable bonds is 4. The summed E-state index contributed by atoms with van der Waals surface area (Å²) in [6, 6.07) is 2.20. The average Bonchev–Trinajstić information content (AvgIpc) is 2.38. The van der Waals surface area contributed by atoms with E-state index in [2.05, 4.69) is 25.3 Å². The van der Waals surface area contributed by atoms with E-state index in [-0.39, 0.29) is 10.4 Å². The Balaban J connectivity index is 2.18. The van der Waals surface area contributed by atoms with Gasteiger partial charge in [0.15, 0.2) is 5.16 Å². The van der Waals surface area contributed by atoms with E-state index in [4.69, 9.17) is 11.6 Å². The molecule has 0 aliphatic carbocycles. The lowest BCUT2D eigenvalue weighted by Gasteiger charge is -2.07. The predicted octanol–water partition coefficient (Wildman–Crippen LogP) is 3.52. The molecule has 0 aliphatic heterocycles. The number of alkyl halides is 3. The van der Waals surface area contributed by atoms with E-state index < -0.39 is 11.7 Å². The van der Waals surface area contributed by atoms with Gasteiger partial charge < -0.3 is 5.32 Å². The van der Waals surface area contributed by atoms with Gasteiger partial charge in [-0.05, 0) is 42.4 Å². The summed E-state index contributed by atoms with van der Waals surface area (Å²) in [6.45, 7) is 2.46. The molecule has 21 heavy (non-hydrogen) atoms. The van der Waals surface area contributed by atoms with E-state index in [1.54, 1.807) is 0 Å². The van der Waals surface area contributed by atoms with Crippen LogP contribution in [0.3, 0.4) is 0 Å². The first-order chi connectivity index (χ1) is 9.88. The van der Waals surface area contributed by atoms with Gasteiger partial charge in [0, 0.05) is 12.7 Å². The number of nitrogens with one attached hydrogen (secondary N) is 1. The highest BCUT2D eigenvalue weighted by atomic mass is 35.5. The molecule has 0 atom stereocenters. The predicted molar refractivity (Wildman–Crippen MR) is 72.4 cm³/mol. The number of anilines is 1. The van der Waals surface area contributed by atoms with E-state index in [0.29, 0.717) is 17.5 Å². The Labute approximate surface area is 127 Å². The molecule has 0 unspecified atom stereocenters. The van der Waals surface area contributed by atoms with Gasteiger partial charge in [-0.1, -0.05) is 0 Å². The summed E-state index contributed by atoms with van der Waals surface area (Å²) in [5.74, 6) is 0.298. The van der Waals surface area contributed by atoms with Crippen molar-refractivity contribution in [2.45, 2.75) is 23.3 Å². The van der Waals surface area contributed by atoms with Crippen molar-refractivity contribution in [2.24, 2.45) is 0 Å². The van der Waals surface area contributed by atoms with Crippen molar-refractivity contribution in [2.75, 3.05) is 11.9 Å². The van der Waals surface area contributed by atoms with Crippen molar-refractivity contribution < 1.29 is 13.2 Å². The minimum atomic E-state index is -4.41. The zero-order valence-electron chi connectivity index (χ0n) is 10.6. The number of hydrogen-bond acceptors (Lipinski definition) is 6. The third-order valence-electron chi connectivity index (χ3n) is 2.18. The summed E-state index contributed by atoms with van der Waals surface area (Å²) < 4.78 is 37.3. The molecule has 0 aromatic carbocycles. The van der Waals surface area contributed by atoms with Crippen LogP contribution in [0, 0.1) is 0 Å². The lowest BCUT2D eigenvalue weighted by molar-refractivity contribution is -0.137. The molecule has 2 aromatic heterocycles. The summed E-state index contributed by atoms with van der Waals surface area (Å²) in [5.41, 5.74) is -0.811. The summed E-state index contributed by atoms with van der Waals surface area (Å²) >= 11 is 6.75. The van der Waals surface area contributed by atoms with Crippen LogP contribution in [0.25, 0.3) is 0 Å². The topological polar surface area (TPSA) is 63.6 Å². The fourth-order valence-corrected chi connectivity index (χ4v) is 2.22. The second kappa shape index (κ2) is 6.44. The van der Waals surface area contributed by atoms with Gasteiger partial charge in [0.1, 0.15) is 5.03 Å². The van der Waals surface area contributed by atoms with Gasteiger partial charge in [-0.15, -0.1) is 0 Å². The Morgan fingerprint density at radius 2 is 2.00 bits per heavy atom. The van der Waals surface area contributed by atoms with Crippen molar-refractivity contribution in [1.29, 1.82) is 0 Å². The van der Waals surface area contributed by atoms with Crippen LogP contribution in [0.1, 0.15) is 12.5 Å². The molecule has 0 bridgehead atoms. The van der Waals surface area contributed by atoms with Crippen LogP contribution in [-0.2, 0) is 6.18 Å².